The first-order valence-corrected chi connectivity index (χ1v) is 9.01. The third-order valence-electron chi connectivity index (χ3n) is 3.87. The average Bonchev–Trinajstić information content (AvgIpc) is 2.68. The first-order valence-electron chi connectivity index (χ1n) is 9.01. The Labute approximate surface area is 163 Å². The van der Waals surface area contributed by atoms with Crippen molar-refractivity contribution < 1.29 is 23.9 Å². The van der Waals surface area contributed by atoms with Gasteiger partial charge in [0, 0.05) is 6.07 Å². The number of amides is 1. The molecule has 2 aromatic rings. The van der Waals surface area contributed by atoms with Gasteiger partial charge in [0.05, 0.1) is 24.2 Å². The molecule has 2 rings (SSSR count). The van der Waals surface area contributed by atoms with Crippen LogP contribution in [-0.2, 0) is 4.79 Å². The molecule has 2 aromatic carbocycles. The van der Waals surface area contributed by atoms with E-state index in [-0.39, 0.29) is 24.1 Å². The highest BCUT2D eigenvalue weighted by Gasteiger charge is 2.17. The Balaban J connectivity index is 2.00. The maximum Gasteiger partial charge on any atom is 0.310 e. The number of hydrogen-bond acceptors (Lipinski definition) is 6. The number of nitro benzene ring substituents is 1. The number of hydrogen-bond donors (Lipinski definition) is 1. The number of nitrogens with one attached hydrogen (secondary N) is 1. The molecular weight excluding hydrogens is 364 g/mol. The monoisotopic (exact) mass is 388 g/mol. The summed E-state index contributed by atoms with van der Waals surface area (Å²) >= 11 is 0. The van der Waals surface area contributed by atoms with Crippen LogP contribution in [0.4, 0.5) is 5.69 Å². The highest BCUT2D eigenvalue weighted by molar-refractivity contribution is 5.78. The van der Waals surface area contributed by atoms with Crippen molar-refractivity contribution >= 4 is 11.6 Å². The van der Waals surface area contributed by atoms with Gasteiger partial charge in [0.1, 0.15) is 0 Å². The Kier molecular flexibility index (Phi) is 7.62. The molecule has 0 aliphatic carbocycles. The molecule has 150 valence electrons. The molecular formula is C20H24N2O6. The maximum absolute atomic E-state index is 12.2. The SMILES string of the molecule is CCOc1ccc([C@@H](C)NC(=O)COc2ccccc2[N+](=O)[O-])cc1OCC. The number of nitro groups is 1. The summed E-state index contributed by atoms with van der Waals surface area (Å²) in [5.74, 6) is 0.915. The zero-order valence-corrected chi connectivity index (χ0v) is 16.1. The van der Waals surface area contributed by atoms with Crippen LogP contribution in [0.3, 0.4) is 0 Å². The van der Waals surface area contributed by atoms with Gasteiger partial charge in [0.25, 0.3) is 5.91 Å². The van der Waals surface area contributed by atoms with E-state index in [4.69, 9.17) is 14.2 Å². The molecule has 1 N–H and O–H groups in total. The molecule has 1 amide bonds. The second-order valence-corrected chi connectivity index (χ2v) is 5.87. The third kappa shape index (κ3) is 5.60. The number of benzene rings is 2. The van der Waals surface area contributed by atoms with E-state index in [0.29, 0.717) is 24.7 Å². The van der Waals surface area contributed by atoms with Gasteiger partial charge in [-0.25, -0.2) is 0 Å². The van der Waals surface area contributed by atoms with Gasteiger partial charge in [-0.15, -0.1) is 0 Å². The van der Waals surface area contributed by atoms with Gasteiger partial charge in [-0.05, 0) is 44.5 Å². The molecule has 0 unspecified atom stereocenters. The number of carbonyl (C=O) groups excluding carboxylic acids is 1. The fourth-order valence-corrected chi connectivity index (χ4v) is 2.58. The first kappa shape index (κ1) is 21.0. The zero-order chi connectivity index (χ0) is 20.5. The molecule has 0 spiro atoms. The predicted molar refractivity (Wildman–Crippen MR) is 104 cm³/mol. The Hall–Kier alpha value is -3.29. The fourth-order valence-electron chi connectivity index (χ4n) is 2.58. The quantitative estimate of drug-likeness (QED) is 0.493. The van der Waals surface area contributed by atoms with Crippen LogP contribution in [0.2, 0.25) is 0 Å². The van der Waals surface area contributed by atoms with Crippen LogP contribution in [0.1, 0.15) is 32.4 Å². The fraction of sp³-hybridized carbons (Fsp3) is 0.350. The summed E-state index contributed by atoms with van der Waals surface area (Å²) in [7, 11) is 0. The maximum atomic E-state index is 12.2. The topological polar surface area (TPSA) is 99.9 Å². The second kappa shape index (κ2) is 10.1. The van der Waals surface area contributed by atoms with Crippen LogP contribution in [-0.4, -0.2) is 30.7 Å². The van der Waals surface area contributed by atoms with Gasteiger partial charge in [0.2, 0.25) is 0 Å². The van der Waals surface area contributed by atoms with E-state index in [0.717, 1.165) is 5.56 Å². The normalized spacial score (nSPS) is 11.4. The summed E-state index contributed by atoms with van der Waals surface area (Å²) in [6, 6.07) is 11.1. The van der Waals surface area contributed by atoms with E-state index in [9.17, 15) is 14.9 Å². The lowest BCUT2D eigenvalue weighted by molar-refractivity contribution is -0.385. The Morgan fingerprint density at radius 1 is 1.04 bits per heavy atom. The number of rotatable bonds is 10. The van der Waals surface area contributed by atoms with Gasteiger partial charge in [0.15, 0.2) is 23.9 Å². The highest BCUT2D eigenvalue weighted by Crippen LogP contribution is 2.31. The number of ether oxygens (including phenoxy) is 3. The van der Waals surface area contributed by atoms with Crippen molar-refractivity contribution in [3.63, 3.8) is 0 Å². The summed E-state index contributed by atoms with van der Waals surface area (Å²) in [5.41, 5.74) is 0.655. The molecule has 0 saturated carbocycles. The smallest absolute Gasteiger partial charge is 0.310 e. The van der Waals surface area contributed by atoms with Crippen molar-refractivity contribution in [3.8, 4) is 17.2 Å². The molecule has 0 radical (unpaired) electrons. The van der Waals surface area contributed by atoms with Crippen molar-refractivity contribution in [2.45, 2.75) is 26.8 Å². The van der Waals surface area contributed by atoms with E-state index in [1.54, 1.807) is 12.1 Å². The molecule has 0 saturated heterocycles. The standard InChI is InChI=1S/C20H24N2O6/c1-4-26-18-11-10-15(12-19(18)27-5-2)14(3)21-20(23)13-28-17-9-7-6-8-16(17)22(24)25/h6-12,14H,4-5,13H2,1-3H3,(H,21,23)/t14-/m1/s1. The molecule has 0 bridgehead atoms. The summed E-state index contributed by atoms with van der Waals surface area (Å²) in [4.78, 5) is 22.6. The van der Waals surface area contributed by atoms with Crippen LogP contribution >= 0.6 is 0 Å². The lowest BCUT2D eigenvalue weighted by Crippen LogP contribution is -2.31. The second-order valence-electron chi connectivity index (χ2n) is 5.87. The van der Waals surface area contributed by atoms with Crippen molar-refractivity contribution in [2.75, 3.05) is 19.8 Å². The molecule has 8 heteroatoms. The molecule has 0 aliphatic rings. The van der Waals surface area contributed by atoms with Crippen LogP contribution in [0, 0.1) is 10.1 Å². The number of para-hydroxylation sites is 2. The van der Waals surface area contributed by atoms with Gasteiger partial charge in [-0.1, -0.05) is 18.2 Å². The van der Waals surface area contributed by atoms with E-state index >= 15 is 0 Å². The lowest BCUT2D eigenvalue weighted by atomic mass is 10.1. The summed E-state index contributed by atoms with van der Waals surface area (Å²) < 4.78 is 16.4. The molecule has 0 heterocycles. The van der Waals surface area contributed by atoms with Gasteiger partial charge in [-0.2, -0.15) is 0 Å². The highest BCUT2D eigenvalue weighted by atomic mass is 16.6. The van der Waals surface area contributed by atoms with Crippen molar-refractivity contribution in [1.82, 2.24) is 5.32 Å². The zero-order valence-electron chi connectivity index (χ0n) is 16.1. The predicted octanol–water partition coefficient (Wildman–Crippen LogP) is 3.65. The summed E-state index contributed by atoms with van der Waals surface area (Å²) in [6.07, 6.45) is 0. The third-order valence-corrected chi connectivity index (χ3v) is 3.87. The van der Waals surface area contributed by atoms with Crippen molar-refractivity contribution in [2.24, 2.45) is 0 Å². The number of carbonyl (C=O) groups is 1. The minimum atomic E-state index is -0.551. The molecule has 1 atom stereocenters. The largest absolute Gasteiger partial charge is 0.490 e. The minimum Gasteiger partial charge on any atom is -0.490 e. The minimum absolute atomic E-state index is 0.0509. The van der Waals surface area contributed by atoms with Crippen LogP contribution in [0.15, 0.2) is 42.5 Å². The average molecular weight is 388 g/mol. The van der Waals surface area contributed by atoms with E-state index in [1.165, 1.54) is 18.2 Å². The van der Waals surface area contributed by atoms with Gasteiger partial charge >= 0.3 is 5.69 Å². The molecule has 0 aromatic heterocycles. The van der Waals surface area contributed by atoms with E-state index in [1.807, 2.05) is 32.9 Å². The summed E-state index contributed by atoms with van der Waals surface area (Å²) in [5, 5.41) is 13.8. The van der Waals surface area contributed by atoms with Crippen molar-refractivity contribution in [3.05, 3.63) is 58.1 Å². The Morgan fingerprint density at radius 3 is 2.39 bits per heavy atom. The molecule has 8 nitrogen and oxygen atoms in total. The lowest BCUT2D eigenvalue weighted by Gasteiger charge is -2.17. The Morgan fingerprint density at radius 2 is 1.71 bits per heavy atom. The van der Waals surface area contributed by atoms with Gasteiger partial charge < -0.3 is 19.5 Å². The molecule has 28 heavy (non-hydrogen) atoms. The van der Waals surface area contributed by atoms with Crippen molar-refractivity contribution in [1.29, 1.82) is 0 Å². The molecule has 0 aliphatic heterocycles. The Bertz CT molecular complexity index is 824. The van der Waals surface area contributed by atoms with E-state index < -0.39 is 10.8 Å². The summed E-state index contributed by atoms with van der Waals surface area (Å²) in [6.45, 7) is 6.29. The molecule has 0 fully saturated rings. The van der Waals surface area contributed by atoms with E-state index in [2.05, 4.69) is 5.32 Å². The van der Waals surface area contributed by atoms with Gasteiger partial charge in [-0.3, -0.25) is 14.9 Å². The first-order chi connectivity index (χ1) is 13.5. The van der Waals surface area contributed by atoms with Crippen LogP contribution < -0.4 is 19.5 Å². The number of nitrogens with zero attached hydrogens (tertiary/aromatic N) is 1. The van der Waals surface area contributed by atoms with Crippen LogP contribution in [0.25, 0.3) is 0 Å². The van der Waals surface area contributed by atoms with Crippen LogP contribution in [0.5, 0.6) is 17.2 Å².